The van der Waals surface area contributed by atoms with Crippen LogP contribution in [-0.2, 0) is 12.8 Å². The summed E-state index contributed by atoms with van der Waals surface area (Å²) in [5.41, 5.74) is 4.50. The zero-order chi connectivity index (χ0) is 18.3. The number of H-pyrrole nitrogens is 1. The van der Waals surface area contributed by atoms with Gasteiger partial charge in [-0.15, -0.1) is 0 Å². The van der Waals surface area contributed by atoms with Gasteiger partial charge in [0, 0.05) is 21.2 Å². The van der Waals surface area contributed by atoms with Crippen LogP contribution in [-0.4, -0.2) is 24.6 Å². The van der Waals surface area contributed by atoms with Crippen LogP contribution in [0.4, 0.5) is 0 Å². The quantitative estimate of drug-likeness (QED) is 0.625. The van der Waals surface area contributed by atoms with Crippen molar-refractivity contribution in [1.82, 2.24) is 24.6 Å². The Bertz CT molecular complexity index is 1020. The number of pyridine rings is 1. The number of nitrogens with one attached hydrogen (secondary N) is 1. The van der Waals surface area contributed by atoms with Crippen molar-refractivity contribution in [3.8, 4) is 11.3 Å². The molecule has 3 heterocycles. The van der Waals surface area contributed by atoms with Crippen LogP contribution in [0.1, 0.15) is 25.6 Å². The molecule has 1 aromatic carbocycles. The largest absolute Gasteiger partial charge is 0.342 e. The molecule has 0 fully saturated rings. The van der Waals surface area contributed by atoms with Gasteiger partial charge in [-0.3, -0.25) is 0 Å². The Labute approximate surface area is 143 Å². The normalized spacial score (nSPS) is 15.1. The van der Waals surface area contributed by atoms with E-state index in [4.69, 9.17) is 2.74 Å². The van der Waals surface area contributed by atoms with Crippen molar-refractivity contribution in [3.63, 3.8) is 0 Å². The Morgan fingerprint density at radius 3 is 2.71 bits per heavy atom. The first-order valence-electron chi connectivity index (χ1n) is 8.98. The molecule has 0 aliphatic carbocycles. The molecular formula is C19H19N5. The van der Waals surface area contributed by atoms with E-state index in [1.54, 1.807) is 10.7 Å². The first kappa shape index (κ1) is 12.5. The summed E-state index contributed by atoms with van der Waals surface area (Å²) in [4.78, 5) is 11.9. The second-order valence-corrected chi connectivity index (χ2v) is 5.74. The minimum Gasteiger partial charge on any atom is -0.342 e. The summed E-state index contributed by atoms with van der Waals surface area (Å²) in [6.45, 7) is 3.91. The Hall–Kier alpha value is -2.95. The van der Waals surface area contributed by atoms with Gasteiger partial charge in [-0.2, -0.15) is 5.10 Å². The van der Waals surface area contributed by atoms with Gasteiger partial charge in [-0.05, 0) is 31.0 Å². The maximum atomic E-state index is 8.46. The fourth-order valence-electron chi connectivity index (χ4n) is 2.63. The summed E-state index contributed by atoms with van der Waals surface area (Å²) in [7, 11) is 0. The molecule has 0 saturated heterocycles. The van der Waals surface area contributed by atoms with Crippen molar-refractivity contribution in [3.05, 3.63) is 71.6 Å². The number of hydrogen-bond donors (Lipinski definition) is 1. The highest BCUT2D eigenvalue weighted by atomic mass is 15.3. The molecule has 2 atom stereocenters. The van der Waals surface area contributed by atoms with Gasteiger partial charge in [0.15, 0.2) is 11.5 Å². The molecule has 0 aliphatic heterocycles. The second kappa shape index (κ2) is 5.92. The lowest BCUT2D eigenvalue weighted by molar-refractivity contribution is 0.799. The SMILES string of the molecule is [3H]C(c1nc2c(C)ccc(C)n2n1)C([3H])c1ncc(-c2ccccc2)[nH]1. The zero-order valence-electron chi connectivity index (χ0n) is 15.6. The van der Waals surface area contributed by atoms with Crippen LogP contribution < -0.4 is 0 Å². The molecule has 1 N–H and O–H groups in total. The molecular weight excluding hydrogens is 298 g/mol. The minimum absolute atomic E-state index is 0.333. The zero-order valence-corrected chi connectivity index (χ0v) is 13.6. The van der Waals surface area contributed by atoms with Gasteiger partial charge in [0.1, 0.15) is 5.82 Å². The summed E-state index contributed by atoms with van der Waals surface area (Å²) >= 11 is 0. The van der Waals surface area contributed by atoms with Crippen LogP contribution in [0.15, 0.2) is 48.7 Å². The summed E-state index contributed by atoms with van der Waals surface area (Å²) in [5, 5.41) is 4.44. The maximum Gasteiger partial charge on any atom is 0.158 e. The predicted molar refractivity (Wildman–Crippen MR) is 93.9 cm³/mol. The van der Waals surface area contributed by atoms with E-state index >= 15 is 0 Å². The number of nitrogens with zero attached hydrogens (tertiary/aromatic N) is 4. The molecule has 0 saturated carbocycles. The highest BCUT2D eigenvalue weighted by Crippen LogP contribution is 2.17. The molecule has 3 aromatic heterocycles. The van der Waals surface area contributed by atoms with Crippen LogP contribution in [0.3, 0.4) is 0 Å². The topological polar surface area (TPSA) is 58.9 Å². The van der Waals surface area contributed by atoms with E-state index in [2.05, 4.69) is 20.1 Å². The van der Waals surface area contributed by atoms with Crippen molar-refractivity contribution in [2.75, 3.05) is 0 Å². The van der Waals surface area contributed by atoms with Gasteiger partial charge >= 0.3 is 0 Å². The van der Waals surface area contributed by atoms with Crippen molar-refractivity contribution in [2.45, 2.75) is 26.6 Å². The fourth-order valence-corrected chi connectivity index (χ4v) is 2.63. The molecule has 0 amide bonds. The number of imidazole rings is 1. The Morgan fingerprint density at radius 1 is 1.08 bits per heavy atom. The number of aryl methyl sites for hydroxylation is 4. The summed E-state index contributed by atoms with van der Waals surface area (Å²) in [5.74, 6) is 0.774. The number of aromatic nitrogens is 5. The number of fused-ring (bicyclic) bond motifs is 1. The number of rotatable bonds is 4. The summed E-state index contributed by atoms with van der Waals surface area (Å²) in [6.07, 6.45) is -0.126. The van der Waals surface area contributed by atoms with E-state index in [0.29, 0.717) is 11.6 Å². The molecule has 120 valence electrons. The average Bonchev–Trinajstić information content (AvgIpc) is 3.32. The highest BCUT2D eigenvalue weighted by Gasteiger charge is 2.09. The van der Waals surface area contributed by atoms with Crippen molar-refractivity contribution < 1.29 is 2.74 Å². The molecule has 0 spiro atoms. The number of hydrogen-bond acceptors (Lipinski definition) is 3. The van der Waals surface area contributed by atoms with Gasteiger partial charge in [0.2, 0.25) is 0 Å². The maximum absolute atomic E-state index is 8.46. The van der Waals surface area contributed by atoms with Gasteiger partial charge in [0.05, 0.1) is 11.9 Å². The number of benzene rings is 1. The lowest BCUT2D eigenvalue weighted by atomic mass is 10.2. The van der Waals surface area contributed by atoms with Crippen molar-refractivity contribution in [1.29, 1.82) is 0 Å². The smallest absolute Gasteiger partial charge is 0.158 e. The predicted octanol–water partition coefficient (Wildman–Crippen LogP) is 3.52. The third kappa shape index (κ3) is 2.69. The minimum atomic E-state index is -0.927. The summed E-state index contributed by atoms with van der Waals surface area (Å²) in [6, 6.07) is 13.8. The third-order valence-corrected chi connectivity index (χ3v) is 3.96. The van der Waals surface area contributed by atoms with Crippen LogP contribution in [0, 0.1) is 13.8 Å². The lowest BCUT2D eigenvalue weighted by Crippen LogP contribution is -1.97. The fraction of sp³-hybridized carbons (Fsp3) is 0.211. The van der Waals surface area contributed by atoms with E-state index < -0.39 is 12.8 Å². The summed E-state index contributed by atoms with van der Waals surface area (Å²) < 4.78 is 18.6. The van der Waals surface area contributed by atoms with Gasteiger partial charge in [-0.1, -0.05) is 36.4 Å². The first-order valence-corrected chi connectivity index (χ1v) is 7.82. The average molecular weight is 321 g/mol. The standard InChI is InChI=1S/C19H19N5/c1-13-8-9-14(2)24-19(13)22-18(23-24)11-10-17-20-12-16(21-17)15-6-4-3-5-7-15/h3-9,12H,10-11H2,1-2H3,(H,20,21)/i10T,11T. The van der Waals surface area contributed by atoms with Crippen molar-refractivity contribution >= 4 is 5.65 Å². The molecule has 5 heteroatoms. The molecule has 4 rings (SSSR count). The molecule has 0 radical (unpaired) electrons. The molecule has 4 aromatic rings. The Kier molecular flexibility index (Phi) is 3.08. The van der Waals surface area contributed by atoms with Crippen LogP contribution in [0.2, 0.25) is 0 Å². The first-order chi connectivity index (χ1) is 12.5. The Morgan fingerprint density at radius 2 is 1.92 bits per heavy atom. The second-order valence-electron chi connectivity index (χ2n) is 5.74. The monoisotopic (exact) mass is 321 g/mol. The van der Waals surface area contributed by atoms with Gasteiger partial charge in [0.25, 0.3) is 0 Å². The lowest BCUT2D eigenvalue weighted by Gasteiger charge is -1.98. The molecule has 5 nitrogen and oxygen atoms in total. The van der Waals surface area contributed by atoms with Crippen LogP contribution in [0.25, 0.3) is 16.9 Å². The molecule has 0 aliphatic rings. The third-order valence-electron chi connectivity index (χ3n) is 3.96. The van der Waals surface area contributed by atoms with Gasteiger partial charge < -0.3 is 4.98 Å². The number of aromatic amines is 1. The van der Waals surface area contributed by atoms with E-state index in [-0.39, 0.29) is 0 Å². The molecule has 0 bridgehead atoms. The van der Waals surface area contributed by atoms with E-state index in [1.165, 1.54) is 0 Å². The van der Waals surface area contributed by atoms with E-state index in [1.807, 2.05) is 56.3 Å². The van der Waals surface area contributed by atoms with Crippen molar-refractivity contribution in [2.24, 2.45) is 0 Å². The highest BCUT2D eigenvalue weighted by molar-refractivity contribution is 5.58. The van der Waals surface area contributed by atoms with Crippen LogP contribution >= 0.6 is 0 Å². The molecule has 24 heavy (non-hydrogen) atoms. The van der Waals surface area contributed by atoms with Crippen LogP contribution in [0.5, 0.6) is 0 Å². The Balaban J connectivity index is 1.64. The van der Waals surface area contributed by atoms with Gasteiger partial charge in [-0.25, -0.2) is 14.5 Å². The van der Waals surface area contributed by atoms with E-state index in [0.717, 1.165) is 28.2 Å². The van der Waals surface area contributed by atoms with E-state index in [9.17, 15) is 0 Å². The molecule has 2 unspecified atom stereocenters.